The highest BCUT2D eigenvalue weighted by molar-refractivity contribution is 7.10. The number of phenolic OH excluding ortho intramolecular Hbond substituents is 1. The van der Waals surface area contributed by atoms with E-state index in [0.29, 0.717) is 46.3 Å². The molecule has 0 radical (unpaired) electrons. The van der Waals surface area contributed by atoms with Crippen LogP contribution in [0.15, 0.2) is 57.3 Å². The average Bonchev–Trinajstić information content (AvgIpc) is 3.71. The molecule has 16 heteroatoms. The van der Waals surface area contributed by atoms with E-state index in [9.17, 15) is 14.7 Å². The molecule has 0 aliphatic rings. The molecule has 0 unspecified atom stereocenters. The summed E-state index contributed by atoms with van der Waals surface area (Å²) in [5.41, 5.74) is 3.49. The molecule has 0 bridgehead atoms. The molecule has 0 amide bonds. The second-order valence-corrected chi connectivity index (χ2v) is 28.2. The number of nitrogens with one attached hydrogen (secondary N) is 1. The zero-order chi connectivity index (χ0) is 37.6. The number of ether oxygens (including phenoxy) is 3. The van der Waals surface area contributed by atoms with E-state index in [1.54, 1.807) is 23.5 Å². The van der Waals surface area contributed by atoms with Gasteiger partial charge in [-0.25, -0.2) is 19.9 Å². The number of fused-ring (bicyclic) bond motifs is 2. The Morgan fingerprint density at radius 1 is 0.788 bits per heavy atom. The lowest BCUT2D eigenvalue weighted by Crippen LogP contribution is -2.25. The number of phenols is 1. The molecule has 52 heavy (non-hydrogen) atoms. The van der Waals surface area contributed by atoms with Crippen molar-refractivity contribution in [1.29, 1.82) is 0 Å². The first-order valence-corrected chi connectivity index (χ1v) is 26.1. The van der Waals surface area contributed by atoms with Crippen molar-refractivity contribution in [3.63, 3.8) is 0 Å². The minimum atomic E-state index is -1.19. The fourth-order valence-electron chi connectivity index (χ4n) is 4.97. The van der Waals surface area contributed by atoms with E-state index in [1.807, 2.05) is 36.7 Å². The summed E-state index contributed by atoms with van der Waals surface area (Å²) < 4.78 is 19.0. The van der Waals surface area contributed by atoms with Crippen LogP contribution in [0.25, 0.3) is 44.3 Å². The first-order chi connectivity index (χ1) is 24.6. The predicted octanol–water partition coefficient (Wildman–Crippen LogP) is 7.89. The van der Waals surface area contributed by atoms with Crippen LogP contribution >= 0.6 is 22.7 Å². The Labute approximate surface area is 312 Å². The van der Waals surface area contributed by atoms with Gasteiger partial charge in [-0.2, -0.15) is 0 Å². The third-order valence-corrected chi connectivity index (χ3v) is 12.9. The van der Waals surface area contributed by atoms with Crippen molar-refractivity contribution in [2.24, 2.45) is 0 Å². The summed E-state index contributed by atoms with van der Waals surface area (Å²) in [6, 6.07) is 9.11. The van der Waals surface area contributed by atoms with Gasteiger partial charge in [-0.1, -0.05) is 39.3 Å². The maximum absolute atomic E-state index is 13.3. The van der Waals surface area contributed by atoms with Gasteiger partial charge in [-0.3, -0.25) is 14.2 Å². The first kappa shape index (κ1) is 39.1. The molecule has 0 atom stereocenters. The van der Waals surface area contributed by atoms with Gasteiger partial charge in [0.2, 0.25) is 0 Å². The second-order valence-electron chi connectivity index (χ2n) is 14.8. The van der Waals surface area contributed by atoms with Gasteiger partial charge in [0.05, 0.1) is 38.5 Å². The van der Waals surface area contributed by atoms with Gasteiger partial charge in [0.15, 0.2) is 6.79 Å². The van der Waals surface area contributed by atoms with Gasteiger partial charge >= 0.3 is 0 Å². The molecule has 0 saturated carbocycles. The molecule has 6 rings (SSSR count). The predicted molar refractivity (Wildman–Crippen MR) is 215 cm³/mol. The fourth-order valence-corrected chi connectivity index (χ4v) is 7.73. The van der Waals surface area contributed by atoms with Gasteiger partial charge in [0, 0.05) is 51.2 Å². The molecule has 2 aromatic carbocycles. The van der Waals surface area contributed by atoms with E-state index in [1.165, 1.54) is 28.6 Å². The van der Waals surface area contributed by atoms with Gasteiger partial charge in [-0.05, 0) is 50.2 Å². The zero-order valence-corrected chi connectivity index (χ0v) is 34.5. The maximum Gasteiger partial charge on any atom is 0.263 e. The lowest BCUT2D eigenvalue weighted by atomic mass is 10.1. The summed E-state index contributed by atoms with van der Waals surface area (Å²) in [5.74, 6) is 0.509. The molecule has 0 aliphatic heterocycles. The van der Waals surface area contributed by atoms with Crippen LogP contribution in [0.5, 0.6) is 11.5 Å². The number of nitrogens with zero attached hydrogens (tertiary/aromatic N) is 5. The van der Waals surface area contributed by atoms with Crippen molar-refractivity contribution >= 4 is 60.6 Å². The van der Waals surface area contributed by atoms with Gasteiger partial charge in [0.1, 0.15) is 35.6 Å². The van der Waals surface area contributed by atoms with Crippen molar-refractivity contribution in [3.05, 3.63) is 78.4 Å². The van der Waals surface area contributed by atoms with Crippen LogP contribution < -0.4 is 15.9 Å². The van der Waals surface area contributed by atoms with Crippen molar-refractivity contribution in [3.8, 4) is 34.0 Å². The number of hydrogen-bond donors (Lipinski definition) is 2. The normalized spacial score (nSPS) is 11.9. The highest BCUT2D eigenvalue weighted by Gasteiger charge is 2.17. The highest BCUT2D eigenvalue weighted by Crippen LogP contribution is 2.32. The lowest BCUT2D eigenvalue weighted by Gasteiger charge is -2.17. The topological polar surface area (TPSA) is 154 Å². The Morgan fingerprint density at radius 2 is 1.38 bits per heavy atom. The van der Waals surface area contributed by atoms with Crippen molar-refractivity contribution in [1.82, 2.24) is 29.5 Å². The van der Waals surface area contributed by atoms with E-state index in [-0.39, 0.29) is 30.4 Å². The number of thiazole rings is 2. The molecule has 6 aromatic rings. The molecule has 4 heterocycles. The Balaban J connectivity index is 0.000000242. The Kier molecular flexibility index (Phi) is 12.6. The number of aromatic nitrogens is 6. The molecule has 2 N–H and O–H groups in total. The summed E-state index contributed by atoms with van der Waals surface area (Å²) in [6.07, 6.45) is 2.81. The highest BCUT2D eigenvalue weighted by atomic mass is 32.1. The number of hydrogen-bond acceptors (Lipinski definition) is 12. The first-order valence-electron chi connectivity index (χ1n) is 16.9. The number of H-pyrrole nitrogens is 1. The molecule has 276 valence electrons. The standard InChI is InChI=1S/C24H37N3O4SSi2.C12H9N3O2S/c1-18-26-21(14-32-18)19-12-20-23(22(13-19)31-17-30-9-11-34(5,6)7)25-15-27(24(20)28)16-29-8-10-33(2,3)4;1-6-15-9(4-18-6)7-2-8-11(10(16)3-7)13-5-14-12(8)17/h12-15H,8-11,16-17H2,1-7H3;2-5,16H,1H3,(H,13,14,17). The van der Waals surface area contributed by atoms with Crippen LogP contribution in [-0.4, -0.2) is 70.7 Å². The van der Waals surface area contributed by atoms with Crippen LogP contribution in [0.1, 0.15) is 10.0 Å². The minimum Gasteiger partial charge on any atom is -0.506 e. The number of aromatic hydroxyl groups is 1. The molecule has 0 spiro atoms. The second kappa shape index (κ2) is 16.7. The largest absolute Gasteiger partial charge is 0.506 e. The third kappa shape index (κ3) is 10.5. The summed E-state index contributed by atoms with van der Waals surface area (Å²) in [7, 11) is -2.37. The van der Waals surface area contributed by atoms with Crippen molar-refractivity contribution in [2.45, 2.75) is 71.9 Å². The van der Waals surface area contributed by atoms with Crippen LogP contribution in [-0.2, 0) is 16.2 Å². The van der Waals surface area contributed by atoms with Gasteiger partial charge < -0.3 is 24.3 Å². The monoisotopic (exact) mass is 778 g/mol. The zero-order valence-electron chi connectivity index (χ0n) is 30.9. The van der Waals surface area contributed by atoms with Crippen LogP contribution in [0.3, 0.4) is 0 Å². The summed E-state index contributed by atoms with van der Waals surface area (Å²) in [6.45, 7) is 19.3. The summed E-state index contributed by atoms with van der Waals surface area (Å²) in [4.78, 5) is 44.9. The summed E-state index contributed by atoms with van der Waals surface area (Å²) in [5, 5.41) is 16.5. The Bertz CT molecular complexity index is 2270. The van der Waals surface area contributed by atoms with Crippen molar-refractivity contribution in [2.75, 3.05) is 20.0 Å². The van der Waals surface area contributed by atoms with Crippen LogP contribution in [0.2, 0.25) is 51.4 Å². The number of rotatable bonds is 13. The number of aryl methyl sites for hydroxylation is 2. The van der Waals surface area contributed by atoms with E-state index >= 15 is 0 Å². The van der Waals surface area contributed by atoms with Crippen LogP contribution in [0, 0.1) is 13.8 Å². The average molecular weight is 779 g/mol. The van der Waals surface area contributed by atoms with Crippen LogP contribution in [0.4, 0.5) is 0 Å². The molecule has 0 aliphatic carbocycles. The molecule has 0 saturated heterocycles. The maximum atomic E-state index is 13.3. The van der Waals surface area contributed by atoms with E-state index in [4.69, 9.17) is 14.2 Å². The SMILES string of the molecule is Cc1nc(-c2cc(O)c3nc[nH]c(=O)c3c2)cs1.Cc1nc(-c2cc(OCOCC[Si](C)(C)C)c3ncn(COCC[Si](C)(C)C)c(=O)c3c2)cs1. The fraction of sp³-hybridized carbons (Fsp3) is 0.389. The molecule has 0 fully saturated rings. The number of aromatic amines is 1. The molecular weight excluding hydrogens is 733 g/mol. The quantitative estimate of drug-likeness (QED) is 0.0672. The lowest BCUT2D eigenvalue weighted by molar-refractivity contribution is 0.0228. The number of benzene rings is 2. The Morgan fingerprint density at radius 3 is 1.98 bits per heavy atom. The molecular formula is C36H46N6O6S2Si2. The van der Waals surface area contributed by atoms with E-state index in [0.717, 1.165) is 39.1 Å². The third-order valence-electron chi connectivity index (χ3n) is 7.97. The van der Waals surface area contributed by atoms with Gasteiger partial charge in [-0.15, -0.1) is 22.7 Å². The Hall–Kier alpha value is -4.07. The van der Waals surface area contributed by atoms with Crippen molar-refractivity contribution < 1.29 is 19.3 Å². The summed E-state index contributed by atoms with van der Waals surface area (Å²) >= 11 is 3.09. The van der Waals surface area contributed by atoms with E-state index in [2.05, 4.69) is 64.2 Å². The molecule has 4 aromatic heterocycles. The smallest absolute Gasteiger partial charge is 0.263 e. The molecule has 12 nitrogen and oxygen atoms in total. The minimum absolute atomic E-state index is 0.0146. The van der Waals surface area contributed by atoms with E-state index < -0.39 is 16.1 Å². The van der Waals surface area contributed by atoms with Gasteiger partial charge in [0.25, 0.3) is 11.1 Å².